The van der Waals surface area contributed by atoms with Gasteiger partial charge in [0, 0.05) is 17.7 Å². The summed E-state index contributed by atoms with van der Waals surface area (Å²) in [6.45, 7) is 0.623. The van der Waals surface area contributed by atoms with E-state index in [2.05, 4.69) is 9.97 Å². The van der Waals surface area contributed by atoms with Crippen molar-refractivity contribution in [2.75, 3.05) is 13.7 Å². The van der Waals surface area contributed by atoms with Gasteiger partial charge in [0.15, 0.2) is 0 Å². The first-order chi connectivity index (χ1) is 14.6. The second kappa shape index (κ2) is 8.49. The van der Waals surface area contributed by atoms with Crippen LogP contribution in [0.1, 0.15) is 51.8 Å². The number of carbonyl (C=O) groups is 2. The zero-order chi connectivity index (χ0) is 21.1. The molecule has 2 heterocycles. The lowest BCUT2D eigenvalue weighted by atomic mass is 10.00. The van der Waals surface area contributed by atoms with E-state index in [0.29, 0.717) is 34.8 Å². The third-order valence-corrected chi connectivity index (χ3v) is 5.36. The molecule has 0 saturated carbocycles. The zero-order valence-corrected chi connectivity index (χ0v) is 16.6. The smallest absolute Gasteiger partial charge is 0.337 e. The number of methoxy groups -OCH3 is 1. The van der Waals surface area contributed by atoms with E-state index in [9.17, 15) is 14.0 Å². The Hall–Kier alpha value is -3.48. The van der Waals surface area contributed by atoms with Crippen molar-refractivity contribution in [1.82, 2.24) is 14.9 Å². The highest BCUT2D eigenvalue weighted by Gasteiger charge is 2.30. The number of hydrogen-bond acceptors (Lipinski definition) is 4. The standard InChI is InChI=1S/C23H22FN3O3/c1-30-23(29)16-10-8-15(9-11-16)22(28)27-12-3-2-7-20(27)21-25-14-19(26-21)17-5-4-6-18(24)13-17/h4-6,8-11,13-14,20H,2-3,7,12H2,1H3,(H,25,26). The van der Waals surface area contributed by atoms with Gasteiger partial charge in [0.25, 0.3) is 5.91 Å². The lowest BCUT2D eigenvalue weighted by Crippen LogP contribution is -2.39. The third kappa shape index (κ3) is 3.96. The Morgan fingerprint density at radius 1 is 1.13 bits per heavy atom. The summed E-state index contributed by atoms with van der Waals surface area (Å²) in [6.07, 6.45) is 4.38. The molecule has 154 valence electrons. The molecule has 1 amide bonds. The average molecular weight is 407 g/mol. The molecule has 0 radical (unpaired) electrons. The summed E-state index contributed by atoms with van der Waals surface area (Å²) in [6, 6.07) is 12.6. The molecule has 1 aliphatic heterocycles. The maximum atomic E-state index is 13.6. The number of benzene rings is 2. The van der Waals surface area contributed by atoms with Crippen LogP contribution < -0.4 is 0 Å². The minimum atomic E-state index is -0.440. The maximum Gasteiger partial charge on any atom is 0.337 e. The SMILES string of the molecule is COC(=O)c1ccc(C(=O)N2CCCCC2c2ncc(-c3cccc(F)c3)[nH]2)cc1. The van der Waals surface area contributed by atoms with Crippen molar-refractivity contribution in [2.45, 2.75) is 25.3 Å². The van der Waals surface area contributed by atoms with Crippen LogP contribution in [-0.2, 0) is 4.74 Å². The summed E-state index contributed by atoms with van der Waals surface area (Å²) in [7, 11) is 1.32. The molecular formula is C23H22FN3O3. The fourth-order valence-electron chi connectivity index (χ4n) is 3.80. The first kappa shape index (κ1) is 19.8. The number of imidazole rings is 1. The number of carbonyl (C=O) groups excluding carboxylic acids is 2. The van der Waals surface area contributed by atoms with E-state index in [0.717, 1.165) is 19.3 Å². The summed E-state index contributed by atoms with van der Waals surface area (Å²) in [5, 5.41) is 0. The number of esters is 1. The largest absolute Gasteiger partial charge is 0.465 e. The number of amides is 1. The van der Waals surface area contributed by atoms with Crippen molar-refractivity contribution in [3.05, 3.63) is 77.5 Å². The van der Waals surface area contributed by atoms with E-state index in [-0.39, 0.29) is 17.8 Å². The van der Waals surface area contributed by atoms with Gasteiger partial charge in [-0.05, 0) is 55.7 Å². The van der Waals surface area contributed by atoms with Gasteiger partial charge in [-0.2, -0.15) is 0 Å². The van der Waals surface area contributed by atoms with Crippen LogP contribution in [0.4, 0.5) is 4.39 Å². The first-order valence-corrected chi connectivity index (χ1v) is 9.87. The zero-order valence-electron chi connectivity index (χ0n) is 16.6. The summed E-state index contributed by atoms with van der Waals surface area (Å²) >= 11 is 0. The van der Waals surface area contributed by atoms with Gasteiger partial charge in [0.2, 0.25) is 0 Å². The Balaban J connectivity index is 1.57. The number of rotatable bonds is 4. The van der Waals surface area contributed by atoms with E-state index in [1.54, 1.807) is 36.5 Å². The van der Waals surface area contributed by atoms with E-state index in [4.69, 9.17) is 4.74 Å². The first-order valence-electron chi connectivity index (χ1n) is 9.87. The number of nitrogens with one attached hydrogen (secondary N) is 1. The summed E-state index contributed by atoms with van der Waals surface area (Å²) in [4.78, 5) is 34.4. The Morgan fingerprint density at radius 2 is 1.90 bits per heavy atom. The van der Waals surface area contributed by atoms with Crippen LogP contribution in [0.25, 0.3) is 11.3 Å². The number of aromatic nitrogens is 2. The molecule has 4 rings (SSSR count). The monoisotopic (exact) mass is 407 g/mol. The molecule has 6 nitrogen and oxygen atoms in total. The molecule has 1 saturated heterocycles. The molecule has 1 unspecified atom stereocenters. The highest BCUT2D eigenvalue weighted by atomic mass is 19.1. The third-order valence-electron chi connectivity index (χ3n) is 5.36. The van der Waals surface area contributed by atoms with Crippen LogP contribution in [0.5, 0.6) is 0 Å². The van der Waals surface area contributed by atoms with Crippen molar-refractivity contribution < 1.29 is 18.7 Å². The molecule has 1 fully saturated rings. The van der Waals surface area contributed by atoms with Gasteiger partial charge in [0.05, 0.1) is 30.6 Å². The van der Waals surface area contributed by atoms with Gasteiger partial charge < -0.3 is 14.6 Å². The second-order valence-electron chi connectivity index (χ2n) is 7.27. The van der Waals surface area contributed by atoms with Crippen LogP contribution >= 0.6 is 0 Å². The Labute approximate surface area is 173 Å². The number of H-pyrrole nitrogens is 1. The molecule has 1 aromatic heterocycles. The number of ether oxygens (including phenoxy) is 1. The number of nitrogens with zero attached hydrogens (tertiary/aromatic N) is 2. The summed E-state index contributed by atoms with van der Waals surface area (Å²) in [5.74, 6) is -0.174. The molecule has 1 N–H and O–H groups in total. The lowest BCUT2D eigenvalue weighted by molar-refractivity contribution is 0.0588. The van der Waals surface area contributed by atoms with Crippen LogP contribution in [0, 0.1) is 5.82 Å². The predicted molar refractivity (Wildman–Crippen MR) is 109 cm³/mol. The van der Waals surface area contributed by atoms with E-state index >= 15 is 0 Å². The molecule has 0 aliphatic carbocycles. The van der Waals surface area contributed by atoms with Crippen LogP contribution in [-0.4, -0.2) is 40.4 Å². The normalized spacial score (nSPS) is 16.3. The number of halogens is 1. The molecule has 2 aromatic carbocycles. The van der Waals surface area contributed by atoms with Gasteiger partial charge >= 0.3 is 5.97 Å². The summed E-state index contributed by atoms with van der Waals surface area (Å²) in [5.41, 5.74) is 2.33. The average Bonchev–Trinajstić information content (AvgIpc) is 3.28. The summed E-state index contributed by atoms with van der Waals surface area (Å²) < 4.78 is 18.3. The maximum absolute atomic E-state index is 13.6. The molecule has 1 atom stereocenters. The quantitative estimate of drug-likeness (QED) is 0.652. The molecule has 3 aromatic rings. The fourth-order valence-corrected chi connectivity index (χ4v) is 3.80. The highest BCUT2D eigenvalue weighted by molar-refractivity contribution is 5.96. The predicted octanol–water partition coefficient (Wildman–Crippen LogP) is 4.37. The van der Waals surface area contributed by atoms with Crippen molar-refractivity contribution >= 4 is 11.9 Å². The molecule has 0 bridgehead atoms. The minimum absolute atomic E-state index is 0.111. The van der Waals surface area contributed by atoms with Crippen LogP contribution in [0.15, 0.2) is 54.7 Å². The molecule has 1 aliphatic rings. The minimum Gasteiger partial charge on any atom is -0.465 e. The Kier molecular flexibility index (Phi) is 5.61. The van der Waals surface area contributed by atoms with Gasteiger partial charge in [0.1, 0.15) is 11.6 Å². The number of aromatic amines is 1. The number of piperidine rings is 1. The van der Waals surface area contributed by atoms with E-state index < -0.39 is 5.97 Å². The fraction of sp³-hybridized carbons (Fsp3) is 0.261. The molecule has 0 spiro atoms. The molecular weight excluding hydrogens is 385 g/mol. The van der Waals surface area contributed by atoms with Gasteiger partial charge in [-0.1, -0.05) is 12.1 Å². The van der Waals surface area contributed by atoms with E-state index in [1.807, 2.05) is 11.0 Å². The topological polar surface area (TPSA) is 75.3 Å². The Bertz CT molecular complexity index is 1060. The number of likely N-dealkylation sites (tertiary alicyclic amines) is 1. The van der Waals surface area contributed by atoms with Gasteiger partial charge in [-0.3, -0.25) is 4.79 Å². The van der Waals surface area contributed by atoms with Gasteiger partial charge in [-0.15, -0.1) is 0 Å². The Morgan fingerprint density at radius 3 is 2.63 bits per heavy atom. The lowest BCUT2D eigenvalue weighted by Gasteiger charge is -2.34. The second-order valence-corrected chi connectivity index (χ2v) is 7.27. The molecule has 30 heavy (non-hydrogen) atoms. The van der Waals surface area contributed by atoms with Crippen LogP contribution in [0.2, 0.25) is 0 Å². The van der Waals surface area contributed by atoms with Crippen molar-refractivity contribution in [1.29, 1.82) is 0 Å². The molecule has 7 heteroatoms. The van der Waals surface area contributed by atoms with Crippen molar-refractivity contribution in [3.63, 3.8) is 0 Å². The van der Waals surface area contributed by atoms with Crippen molar-refractivity contribution in [2.24, 2.45) is 0 Å². The van der Waals surface area contributed by atoms with Crippen molar-refractivity contribution in [3.8, 4) is 11.3 Å². The van der Waals surface area contributed by atoms with Gasteiger partial charge in [-0.25, -0.2) is 14.2 Å². The highest BCUT2D eigenvalue weighted by Crippen LogP contribution is 2.32. The number of hydrogen-bond donors (Lipinski definition) is 1. The van der Waals surface area contributed by atoms with E-state index in [1.165, 1.54) is 19.2 Å². The van der Waals surface area contributed by atoms with Crippen LogP contribution in [0.3, 0.4) is 0 Å².